The first-order valence-electron chi connectivity index (χ1n) is 6.53. The Morgan fingerprint density at radius 1 is 1.50 bits per heavy atom. The van der Waals surface area contributed by atoms with Gasteiger partial charge in [-0.25, -0.2) is 4.99 Å². The SMILES string of the molecule is COC(=NCCN1CCOCC1)NC(=O)c1ccco1. The van der Waals surface area contributed by atoms with Crippen molar-refractivity contribution in [3.8, 4) is 0 Å². The molecule has 1 N–H and O–H groups in total. The van der Waals surface area contributed by atoms with Crippen LogP contribution in [0.15, 0.2) is 27.8 Å². The minimum absolute atomic E-state index is 0.194. The van der Waals surface area contributed by atoms with Gasteiger partial charge in [0.25, 0.3) is 11.9 Å². The minimum Gasteiger partial charge on any atom is -0.468 e. The van der Waals surface area contributed by atoms with Crippen molar-refractivity contribution in [3.05, 3.63) is 24.2 Å². The summed E-state index contributed by atoms with van der Waals surface area (Å²) >= 11 is 0. The zero-order valence-corrected chi connectivity index (χ0v) is 11.5. The average molecular weight is 281 g/mol. The molecule has 1 amide bonds. The van der Waals surface area contributed by atoms with Crippen LogP contribution < -0.4 is 5.32 Å². The van der Waals surface area contributed by atoms with Crippen LogP contribution in [0, 0.1) is 0 Å². The third-order valence-electron chi connectivity index (χ3n) is 2.93. The molecule has 0 saturated carbocycles. The van der Waals surface area contributed by atoms with Gasteiger partial charge >= 0.3 is 0 Å². The number of amides is 1. The number of carbonyl (C=O) groups excluding carboxylic acids is 1. The Morgan fingerprint density at radius 3 is 2.95 bits per heavy atom. The molecule has 0 spiro atoms. The molecule has 1 aromatic heterocycles. The van der Waals surface area contributed by atoms with Gasteiger partial charge in [0.15, 0.2) is 5.76 Å². The van der Waals surface area contributed by atoms with E-state index < -0.39 is 0 Å². The summed E-state index contributed by atoms with van der Waals surface area (Å²) in [5, 5.41) is 2.56. The molecule has 0 aromatic carbocycles. The van der Waals surface area contributed by atoms with Crippen LogP contribution in [0.4, 0.5) is 0 Å². The summed E-state index contributed by atoms with van der Waals surface area (Å²) in [6.45, 7) is 4.72. The molecule has 0 aliphatic carbocycles. The molecule has 1 saturated heterocycles. The molecule has 2 rings (SSSR count). The van der Waals surface area contributed by atoms with E-state index in [9.17, 15) is 4.79 Å². The zero-order chi connectivity index (χ0) is 14.2. The van der Waals surface area contributed by atoms with Crippen molar-refractivity contribution in [2.45, 2.75) is 0 Å². The number of nitrogens with one attached hydrogen (secondary N) is 1. The van der Waals surface area contributed by atoms with Gasteiger partial charge in [-0.05, 0) is 12.1 Å². The lowest BCUT2D eigenvalue weighted by molar-refractivity contribution is 0.0394. The van der Waals surface area contributed by atoms with E-state index in [1.165, 1.54) is 13.4 Å². The highest BCUT2D eigenvalue weighted by atomic mass is 16.5. The van der Waals surface area contributed by atoms with Gasteiger partial charge in [0.1, 0.15) is 0 Å². The second kappa shape index (κ2) is 7.66. The van der Waals surface area contributed by atoms with Crippen molar-refractivity contribution in [3.63, 3.8) is 0 Å². The molecule has 1 aliphatic rings. The maximum absolute atomic E-state index is 11.7. The number of morpholine rings is 1. The first kappa shape index (κ1) is 14.5. The molecule has 20 heavy (non-hydrogen) atoms. The number of hydrogen-bond acceptors (Lipinski definition) is 6. The molecular weight excluding hydrogens is 262 g/mol. The number of carbonyl (C=O) groups is 1. The van der Waals surface area contributed by atoms with E-state index >= 15 is 0 Å². The van der Waals surface area contributed by atoms with E-state index in [-0.39, 0.29) is 17.7 Å². The van der Waals surface area contributed by atoms with Gasteiger partial charge in [0, 0.05) is 19.6 Å². The van der Waals surface area contributed by atoms with Crippen molar-refractivity contribution in [1.82, 2.24) is 10.2 Å². The Balaban J connectivity index is 1.78. The fraction of sp³-hybridized carbons (Fsp3) is 0.538. The van der Waals surface area contributed by atoms with E-state index in [0.717, 1.165) is 32.8 Å². The van der Waals surface area contributed by atoms with Crippen LogP contribution >= 0.6 is 0 Å². The largest absolute Gasteiger partial charge is 0.468 e. The van der Waals surface area contributed by atoms with Gasteiger partial charge in [0.05, 0.1) is 33.1 Å². The zero-order valence-electron chi connectivity index (χ0n) is 11.5. The van der Waals surface area contributed by atoms with Crippen molar-refractivity contribution >= 4 is 11.9 Å². The fourth-order valence-corrected chi connectivity index (χ4v) is 1.84. The Morgan fingerprint density at radius 2 is 2.30 bits per heavy atom. The van der Waals surface area contributed by atoms with Crippen LogP contribution in [0.2, 0.25) is 0 Å². The summed E-state index contributed by atoms with van der Waals surface area (Å²) in [4.78, 5) is 18.2. The quantitative estimate of drug-likeness (QED) is 0.636. The maximum atomic E-state index is 11.7. The summed E-state index contributed by atoms with van der Waals surface area (Å²) in [5.41, 5.74) is 0. The lowest BCUT2D eigenvalue weighted by Gasteiger charge is -2.25. The average Bonchev–Trinajstić information content (AvgIpc) is 3.01. The lowest BCUT2D eigenvalue weighted by atomic mass is 10.4. The lowest BCUT2D eigenvalue weighted by Crippen LogP contribution is -2.38. The number of methoxy groups -OCH3 is 1. The molecular formula is C13H19N3O4. The van der Waals surface area contributed by atoms with E-state index in [4.69, 9.17) is 13.9 Å². The Hall–Kier alpha value is -1.86. The molecule has 1 aromatic rings. The molecule has 0 unspecified atom stereocenters. The van der Waals surface area contributed by atoms with Crippen LogP contribution in [0.5, 0.6) is 0 Å². The van der Waals surface area contributed by atoms with Crippen LogP contribution in [-0.4, -0.2) is 63.3 Å². The molecule has 7 nitrogen and oxygen atoms in total. The molecule has 0 bridgehead atoms. The Bertz CT molecular complexity index is 438. The molecule has 0 radical (unpaired) electrons. The maximum Gasteiger partial charge on any atom is 0.294 e. The van der Waals surface area contributed by atoms with Crippen molar-refractivity contribution in [1.29, 1.82) is 0 Å². The number of ether oxygens (including phenoxy) is 2. The van der Waals surface area contributed by atoms with Gasteiger partial charge in [0.2, 0.25) is 0 Å². The predicted molar refractivity (Wildman–Crippen MR) is 72.7 cm³/mol. The first-order chi connectivity index (χ1) is 9.79. The van der Waals surface area contributed by atoms with Crippen molar-refractivity contribution in [2.24, 2.45) is 4.99 Å². The summed E-state index contributed by atoms with van der Waals surface area (Å²) in [5.74, 6) is -0.148. The Labute approximate surface area is 117 Å². The smallest absolute Gasteiger partial charge is 0.294 e. The number of aliphatic imine (C=N–C) groups is 1. The Kier molecular flexibility index (Phi) is 5.57. The van der Waals surface area contributed by atoms with Gasteiger partial charge in [-0.15, -0.1) is 0 Å². The topological polar surface area (TPSA) is 76.3 Å². The molecule has 1 fully saturated rings. The molecule has 7 heteroatoms. The fourth-order valence-electron chi connectivity index (χ4n) is 1.84. The normalized spacial score (nSPS) is 16.9. The third-order valence-corrected chi connectivity index (χ3v) is 2.93. The second-order valence-corrected chi connectivity index (χ2v) is 4.28. The third kappa shape index (κ3) is 4.36. The highest BCUT2D eigenvalue weighted by Crippen LogP contribution is 1.99. The monoisotopic (exact) mass is 281 g/mol. The highest BCUT2D eigenvalue weighted by molar-refractivity contribution is 6.02. The summed E-state index contributed by atoms with van der Waals surface area (Å²) < 4.78 is 15.3. The van der Waals surface area contributed by atoms with Crippen LogP contribution in [0.25, 0.3) is 0 Å². The summed E-state index contributed by atoms with van der Waals surface area (Å²) in [7, 11) is 1.47. The van der Waals surface area contributed by atoms with Gasteiger partial charge in [-0.2, -0.15) is 0 Å². The number of hydrogen-bond donors (Lipinski definition) is 1. The summed E-state index contributed by atoms with van der Waals surface area (Å²) in [6.07, 6.45) is 1.44. The standard InChI is InChI=1S/C13H19N3O4/c1-18-13(15-12(17)11-3-2-8-20-11)14-4-5-16-6-9-19-10-7-16/h2-3,8H,4-7,9-10H2,1H3,(H,14,15,17). The van der Waals surface area contributed by atoms with Gasteiger partial charge in [-0.3, -0.25) is 15.0 Å². The van der Waals surface area contributed by atoms with E-state index in [2.05, 4.69) is 15.2 Å². The molecule has 110 valence electrons. The van der Waals surface area contributed by atoms with E-state index in [0.29, 0.717) is 6.54 Å². The van der Waals surface area contributed by atoms with E-state index in [1.807, 2.05) is 0 Å². The van der Waals surface area contributed by atoms with E-state index in [1.54, 1.807) is 12.1 Å². The van der Waals surface area contributed by atoms with Crippen LogP contribution in [0.3, 0.4) is 0 Å². The number of amidine groups is 1. The van der Waals surface area contributed by atoms with Gasteiger partial charge < -0.3 is 13.9 Å². The van der Waals surface area contributed by atoms with Crippen molar-refractivity contribution < 1.29 is 18.7 Å². The van der Waals surface area contributed by atoms with Gasteiger partial charge in [-0.1, -0.05) is 0 Å². The number of rotatable bonds is 4. The number of furan rings is 1. The van der Waals surface area contributed by atoms with Crippen LogP contribution in [0.1, 0.15) is 10.6 Å². The highest BCUT2D eigenvalue weighted by Gasteiger charge is 2.12. The van der Waals surface area contributed by atoms with Crippen LogP contribution in [-0.2, 0) is 9.47 Å². The number of nitrogens with zero attached hydrogens (tertiary/aromatic N) is 2. The first-order valence-corrected chi connectivity index (χ1v) is 6.53. The second-order valence-electron chi connectivity index (χ2n) is 4.28. The van der Waals surface area contributed by atoms with Crippen molar-refractivity contribution in [2.75, 3.05) is 46.5 Å². The molecule has 2 heterocycles. The molecule has 0 atom stereocenters. The predicted octanol–water partition coefficient (Wildman–Crippen LogP) is 0.344. The summed E-state index contributed by atoms with van der Waals surface area (Å²) in [6, 6.07) is 3.42. The molecule has 1 aliphatic heterocycles. The minimum atomic E-state index is -0.373.